The quantitative estimate of drug-likeness (QED) is 0.360. The number of aromatic nitrogens is 1. The normalized spacial score (nSPS) is 20.8. The summed E-state index contributed by atoms with van der Waals surface area (Å²) in [5, 5.41) is 11.8. The highest BCUT2D eigenvalue weighted by Crippen LogP contribution is 2.52. The van der Waals surface area contributed by atoms with Gasteiger partial charge in [-0.3, -0.25) is 19.5 Å². The standard InChI is InChI=1S/C29H28Cl2FN3O5/c1-27(38,15-39-2)18-11-22-24(23(32)12-18)29(17-3-5-19(30)6-4-17,40-16-28(9-10-28)26(33)37)35(25(22)36)14-21-8-7-20(31)13-34-21/h3-8,11-13,38H,9-10,14-16H2,1-2H3,(H2,33,37)/t27?,29-/m1/s1. The van der Waals surface area contributed by atoms with Gasteiger partial charge in [-0.1, -0.05) is 35.3 Å². The molecule has 1 saturated carbocycles. The first-order valence-corrected chi connectivity index (χ1v) is 13.4. The summed E-state index contributed by atoms with van der Waals surface area (Å²) in [6.45, 7) is 1.11. The number of rotatable bonds is 10. The van der Waals surface area contributed by atoms with E-state index in [9.17, 15) is 14.7 Å². The van der Waals surface area contributed by atoms with Crippen molar-refractivity contribution < 1.29 is 28.6 Å². The molecule has 1 fully saturated rings. The Morgan fingerprint density at radius 3 is 2.42 bits per heavy atom. The van der Waals surface area contributed by atoms with E-state index >= 15 is 4.39 Å². The average molecular weight is 588 g/mol. The van der Waals surface area contributed by atoms with E-state index < -0.39 is 34.4 Å². The van der Waals surface area contributed by atoms with Gasteiger partial charge in [-0.25, -0.2) is 4.39 Å². The Morgan fingerprint density at radius 2 is 1.85 bits per heavy atom. The van der Waals surface area contributed by atoms with Crippen LogP contribution in [0.15, 0.2) is 54.7 Å². The van der Waals surface area contributed by atoms with Crippen molar-refractivity contribution in [2.24, 2.45) is 11.1 Å². The number of benzene rings is 2. The molecule has 3 N–H and O–H groups in total. The van der Waals surface area contributed by atoms with Crippen LogP contribution in [0.2, 0.25) is 10.0 Å². The third kappa shape index (κ3) is 4.86. The summed E-state index contributed by atoms with van der Waals surface area (Å²) >= 11 is 12.2. The number of nitrogens with two attached hydrogens (primary N) is 1. The molecule has 2 atom stereocenters. The van der Waals surface area contributed by atoms with Gasteiger partial charge in [0.25, 0.3) is 5.91 Å². The summed E-state index contributed by atoms with van der Waals surface area (Å²) in [7, 11) is 1.41. The second-order valence-corrected chi connectivity index (χ2v) is 11.4. The number of hydrogen-bond donors (Lipinski definition) is 2. The summed E-state index contributed by atoms with van der Waals surface area (Å²) in [6.07, 6.45) is 2.47. The number of halogens is 3. The fourth-order valence-electron chi connectivity index (χ4n) is 5.13. The number of methoxy groups -OCH3 is 1. The number of ether oxygens (including phenoxy) is 2. The molecule has 2 aliphatic rings. The van der Waals surface area contributed by atoms with Crippen molar-refractivity contribution in [3.05, 3.63) is 98.5 Å². The maximum Gasteiger partial charge on any atom is 0.257 e. The molecule has 0 spiro atoms. The van der Waals surface area contributed by atoms with E-state index in [0.29, 0.717) is 34.1 Å². The van der Waals surface area contributed by atoms with Crippen molar-refractivity contribution in [3.8, 4) is 0 Å². The van der Waals surface area contributed by atoms with Gasteiger partial charge in [-0.05, 0) is 61.7 Å². The third-order valence-corrected chi connectivity index (χ3v) is 8.09. The molecule has 2 heterocycles. The summed E-state index contributed by atoms with van der Waals surface area (Å²) in [4.78, 5) is 32.2. The molecular weight excluding hydrogens is 560 g/mol. The zero-order valence-corrected chi connectivity index (χ0v) is 23.4. The van der Waals surface area contributed by atoms with E-state index in [-0.39, 0.29) is 36.4 Å². The van der Waals surface area contributed by atoms with Gasteiger partial charge in [0.15, 0.2) is 5.72 Å². The second-order valence-electron chi connectivity index (χ2n) is 10.5. The van der Waals surface area contributed by atoms with Crippen molar-refractivity contribution in [2.75, 3.05) is 20.3 Å². The Morgan fingerprint density at radius 1 is 1.18 bits per heavy atom. The van der Waals surface area contributed by atoms with E-state index in [1.807, 2.05) is 0 Å². The van der Waals surface area contributed by atoms with Crippen molar-refractivity contribution in [2.45, 2.75) is 37.6 Å². The lowest BCUT2D eigenvalue weighted by atomic mass is 9.88. The molecule has 8 nitrogen and oxygen atoms in total. The van der Waals surface area contributed by atoms with E-state index in [1.165, 1.54) is 37.3 Å². The Balaban J connectivity index is 1.74. The smallest absolute Gasteiger partial charge is 0.257 e. The van der Waals surface area contributed by atoms with Crippen LogP contribution in [0.4, 0.5) is 4.39 Å². The Labute approximate surface area is 240 Å². The molecule has 210 valence electrons. The van der Waals surface area contributed by atoms with Crippen molar-refractivity contribution in [1.29, 1.82) is 0 Å². The number of nitrogens with zero attached hydrogens (tertiary/aromatic N) is 2. The first-order valence-electron chi connectivity index (χ1n) is 12.6. The van der Waals surface area contributed by atoms with Crippen LogP contribution >= 0.6 is 23.2 Å². The van der Waals surface area contributed by atoms with Gasteiger partial charge in [0.2, 0.25) is 5.91 Å². The minimum Gasteiger partial charge on any atom is -0.383 e. The third-order valence-electron chi connectivity index (χ3n) is 7.61. The van der Waals surface area contributed by atoms with Gasteiger partial charge in [0.1, 0.15) is 11.4 Å². The molecule has 0 saturated heterocycles. The molecule has 1 unspecified atom stereocenters. The van der Waals surface area contributed by atoms with Gasteiger partial charge >= 0.3 is 0 Å². The number of fused-ring (bicyclic) bond motifs is 1. The molecule has 40 heavy (non-hydrogen) atoms. The predicted octanol–water partition coefficient (Wildman–Crippen LogP) is 4.52. The molecule has 5 rings (SSSR count). The van der Waals surface area contributed by atoms with Crippen molar-refractivity contribution in [3.63, 3.8) is 0 Å². The van der Waals surface area contributed by atoms with Crippen LogP contribution in [0.5, 0.6) is 0 Å². The second kappa shape index (κ2) is 10.4. The van der Waals surface area contributed by atoms with E-state index in [4.69, 9.17) is 38.4 Å². The number of carbonyl (C=O) groups excluding carboxylic acids is 2. The van der Waals surface area contributed by atoms with E-state index in [1.54, 1.807) is 36.4 Å². The lowest BCUT2D eigenvalue weighted by Crippen LogP contribution is -2.48. The maximum atomic E-state index is 16.4. The Hall–Kier alpha value is -3.08. The topological polar surface area (TPSA) is 115 Å². The molecular formula is C29H28Cl2FN3O5. The van der Waals surface area contributed by atoms with Gasteiger partial charge in [-0.2, -0.15) is 0 Å². The van der Waals surface area contributed by atoms with Crippen LogP contribution in [0.3, 0.4) is 0 Å². The summed E-state index contributed by atoms with van der Waals surface area (Å²) in [5.41, 5.74) is 2.36. The van der Waals surface area contributed by atoms with Crippen LogP contribution in [0.25, 0.3) is 0 Å². The van der Waals surface area contributed by atoms with E-state index in [2.05, 4.69) is 4.98 Å². The fraction of sp³-hybridized carbons (Fsp3) is 0.345. The van der Waals surface area contributed by atoms with Crippen molar-refractivity contribution >= 4 is 35.0 Å². The summed E-state index contributed by atoms with van der Waals surface area (Å²) < 4.78 is 28.0. The highest BCUT2D eigenvalue weighted by atomic mass is 35.5. The van der Waals surface area contributed by atoms with Gasteiger partial charge in [-0.15, -0.1) is 0 Å². The molecule has 1 aliphatic heterocycles. The van der Waals surface area contributed by atoms with Crippen LogP contribution in [0, 0.1) is 11.2 Å². The monoisotopic (exact) mass is 587 g/mol. The molecule has 2 amide bonds. The number of carbonyl (C=O) groups is 2. The van der Waals surface area contributed by atoms with Crippen LogP contribution in [-0.2, 0) is 32.1 Å². The lowest BCUT2D eigenvalue weighted by Gasteiger charge is -2.40. The van der Waals surface area contributed by atoms with Crippen molar-refractivity contribution in [1.82, 2.24) is 9.88 Å². The Bertz CT molecular complexity index is 1460. The molecule has 11 heteroatoms. The predicted molar refractivity (Wildman–Crippen MR) is 146 cm³/mol. The average Bonchev–Trinajstić information content (AvgIpc) is 3.67. The maximum absolute atomic E-state index is 16.4. The van der Waals surface area contributed by atoms with Crippen LogP contribution in [-0.4, -0.2) is 47.1 Å². The number of pyridine rings is 1. The highest BCUT2D eigenvalue weighted by Gasteiger charge is 2.58. The largest absolute Gasteiger partial charge is 0.383 e. The van der Waals surface area contributed by atoms with Gasteiger partial charge < -0.3 is 20.3 Å². The van der Waals surface area contributed by atoms with Gasteiger partial charge in [0.05, 0.1) is 47.0 Å². The minimum absolute atomic E-state index is 0.000728. The van der Waals surface area contributed by atoms with Crippen LogP contribution in [0.1, 0.15) is 52.5 Å². The molecule has 0 radical (unpaired) electrons. The SMILES string of the molecule is COCC(C)(O)c1cc(F)c2c(c1)C(=O)N(Cc1ccc(Cl)cn1)[C@@]2(OCC1(C(N)=O)CC1)c1ccc(Cl)cc1. The number of hydrogen-bond acceptors (Lipinski definition) is 6. The van der Waals surface area contributed by atoms with E-state index in [0.717, 1.165) is 0 Å². The fourth-order valence-corrected chi connectivity index (χ4v) is 5.37. The lowest BCUT2D eigenvalue weighted by molar-refractivity contribution is -0.142. The molecule has 1 aromatic heterocycles. The first-order chi connectivity index (χ1) is 18.9. The number of amides is 2. The number of primary amides is 1. The summed E-state index contributed by atoms with van der Waals surface area (Å²) in [6, 6.07) is 12.4. The zero-order chi connectivity index (χ0) is 28.9. The summed E-state index contributed by atoms with van der Waals surface area (Å²) in [5.74, 6) is -1.86. The highest BCUT2D eigenvalue weighted by molar-refractivity contribution is 6.30. The molecule has 2 aromatic carbocycles. The van der Waals surface area contributed by atoms with Crippen LogP contribution < -0.4 is 5.73 Å². The minimum atomic E-state index is -1.81. The zero-order valence-electron chi connectivity index (χ0n) is 21.9. The molecule has 3 aromatic rings. The Kier molecular flexibility index (Phi) is 7.39. The molecule has 1 aliphatic carbocycles. The molecule has 0 bridgehead atoms. The number of aliphatic hydroxyl groups is 1. The van der Waals surface area contributed by atoms with Gasteiger partial charge in [0, 0.05) is 23.9 Å². The first kappa shape index (κ1) is 28.4.